The van der Waals surface area contributed by atoms with Gasteiger partial charge in [0, 0.05) is 12.1 Å². The van der Waals surface area contributed by atoms with Gasteiger partial charge >= 0.3 is 6.18 Å². The van der Waals surface area contributed by atoms with Gasteiger partial charge in [-0.1, -0.05) is 26.2 Å². The Kier molecular flexibility index (Phi) is 5.35. The fourth-order valence-electron chi connectivity index (χ4n) is 3.78. The first kappa shape index (κ1) is 16.1. The lowest BCUT2D eigenvalue weighted by molar-refractivity contribution is -0.157. The summed E-state index contributed by atoms with van der Waals surface area (Å²) in [5.41, 5.74) is 5.83. The molecule has 2 rings (SSSR count). The number of nitrogens with two attached hydrogens (primary N) is 1. The van der Waals surface area contributed by atoms with Crippen molar-refractivity contribution in [3.8, 4) is 0 Å². The summed E-state index contributed by atoms with van der Waals surface area (Å²) in [6.45, 7) is 1.92. The maximum Gasteiger partial charge on any atom is 0.401 e. The molecule has 20 heavy (non-hydrogen) atoms. The Morgan fingerprint density at radius 3 is 2.35 bits per heavy atom. The van der Waals surface area contributed by atoms with E-state index in [0.717, 1.165) is 44.9 Å². The Balaban J connectivity index is 2.06. The van der Waals surface area contributed by atoms with E-state index in [4.69, 9.17) is 5.73 Å². The first-order chi connectivity index (χ1) is 9.44. The number of halogens is 3. The Hall–Kier alpha value is -0.290. The van der Waals surface area contributed by atoms with Crippen LogP contribution in [0, 0.1) is 11.8 Å². The first-order valence-corrected chi connectivity index (χ1v) is 7.97. The Labute approximate surface area is 119 Å². The highest BCUT2D eigenvalue weighted by Gasteiger charge is 2.44. The van der Waals surface area contributed by atoms with E-state index < -0.39 is 12.7 Å². The van der Waals surface area contributed by atoms with Crippen LogP contribution < -0.4 is 5.73 Å². The molecule has 3 atom stereocenters. The predicted molar refractivity (Wildman–Crippen MR) is 74.4 cm³/mol. The van der Waals surface area contributed by atoms with Gasteiger partial charge in [-0.2, -0.15) is 13.2 Å². The summed E-state index contributed by atoms with van der Waals surface area (Å²) in [6, 6.07) is 0.190. The number of rotatable bonds is 6. The largest absolute Gasteiger partial charge is 0.401 e. The van der Waals surface area contributed by atoms with Gasteiger partial charge in [-0.3, -0.25) is 4.90 Å². The molecule has 2 aliphatic carbocycles. The molecule has 5 heteroatoms. The minimum absolute atomic E-state index is 0.0411. The second-order valence-corrected chi connectivity index (χ2v) is 6.55. The second kappa shape index (κ2) is 6.65. The lowest BCUT2D eigenvalue weighted by Crippen LogP contribution is -2.51. The van der Waals surface area contributed by atoms with Crippen LogP contribution in [0.4, 0.5) is 13.2 Å². The van der Waals surface area contributed by atoms with E-state index in [2.05, 4.69) is 6.92 Å². The summed E-state index contributed by atoms with van der Waals surface area (Å²) in [6.07, 6.45) is 3.03. The second-order valence-electron chi connectivity index (χ2n) is 6.55. The van der Waals surface area contributed by atoms with Crippen LogP contribution in [-0.4, -0.2) is 36.2 Å². The van der Waals surface area contributed by atoms with E-state index in [1.165, 1.54) is 0 Å². The molecular formula is C15H27F3N2. The van der Waals surface area contributed by atoms with E-state index in [9.17, 15) is 13.2 Å². The highest BCUT2D eigenvalue weighted by atomic mass is 19.4. The van der Waals surface area contributed by atoms with Gasteiger partial charge in [-0.15, -0.1) is 0 Å². The third kappa shape index (κ3) is 4.35. The van der Waals surface area contributed by atoms with Crippen LogP contribution in [0.1, 0.15) is 51.9 Å². The van der Waals surface area contributed by atoms with Crippen molar-refractivity contribution < 1.29 is 13.2 Å². The molecule has 2 saturated carbocycles. The standard InChI is InChI=1S/C15H27F3N2/c1-2-3-11-4-5-12(9-19)14(8-11)20(13-6-7-13)10-15(16,17)18/h11-14H,2-10,19H2,1H3. The zero-order chi connectivity index (χ0) is 14.8. The zero-order valence-corrected chi connectivity index (χ0v) is 12.3. The number of nitrogens with zero attached hydrogens (tertiary/aromatic N) is 1. The summed E-state index contributed by atoms with van der Waals surface area (Å²) in [7, 11) is 0. The number of hydrogen-bond donors (Lipinski definition) is 1. The highest BCUT2D eigenvalue weighted by Crippen LogP contribution is 2.40. The molecular weight excluding hydrogens is 265 g/mol. The maximum absolute atomic E-state index is 12.9. The lowest BCUT2D eigenvalue weighted by atomic mass is 9.76. The highest BCUT2D eigenvalue weighted by molar-refractivity contribution is 4.95. The van der Waals surface area contributed by atoms with Gasteiger partial charge in [0.25, 0.3) is 0 Å². The molecule has 0 bridgehead atoms. The zero-order valence-electron chi connectivity index (χ0n) is 12.3. The van der Waals surface area contributed by atoms with E-state index in [1.807, 2.05) is 0 Å². The van der Waals surface area contributed by atoms with Crippen molar-refractivity contribution in [2.24, 2.45) is 17.6 Å². The van der Waals surface area contributed by atoms with Crippen molar-refractivity contribution in [1.82, 2.24) is 4.90 Å². The molecule has 2 nitrogen and oxygen atoms in total. The molecule has 118 valence electrons. The van der Waals surface area contributed by atoms with Gasteiger partial charge in [0.1, 0.15) is 0 Å². The molecule has 0 saturated heterocycles. The molecule has 2 aliphatic rings. The van der Waals surface area contributed by atoms with Crippen molar-refractivity contribution in [2.75, 3.05) is 13.1 Å². The Morgan fingerprint density at radius 2 is 1.85 bits per heavy atom. The fourth-order valence-corrected chi connectivity index (χ4v) is 3.78. The van der Waals surface area contributed by atoms with Crippen LogP contribution in [0.15, 0.2) is 0 Å². The van der Waals surface area contributed by atoms with Gasteiger partial charge in [-0.25, -0.2) is 0 Å². The van der Waals surface area contributed by atoms with Crippen molar-refractivity contribution in [3.63, 3.8) is 0 Å². The molecule has 0 aromatic rings. The van der Waals surface area contributed by atoms with E-state index in [-0.39, 0.29) is 18.0 Å². The third-order valence-electron chi connectivity index (χ3n) is 4.87. The van der Waals surface area contributed by atoms with E-state index >= 15 is 0 Å². The molecule has 0 spiro atoms. The van der Waals surface area contributed by atoms with Crippen LogP contribution in [0.2, 0.25) is 0 Å². The van der Waals surface area contributed by atoms with Gasteiger partial charge in [0.15, 0.2) is 0 Å². The minimum atomic E-state index is -4.10. The SMILES string of the molecule is CCCC1CCC(CN)C(N(CC(F)(F)F)C2CC2)C1. The van der Waals surface area contributed by atoms with Crippen LogP contribution in [0.25, 0.3) is 0 Å². The Morgan fingerprint density at radius 1 is 1.15 bits per heavy atom. The number of alkyl halides is 3. The summed E-state index contributed by atoms with van der Waals surface area (Å²) in [5.74, 6) is 0.827. The monoisotopic (exact) mass is 292 g/mol. The molecule has 3 unspecified atom stereocenters. The smallest absolute Gasteiger partial charge is 0.330 e. The average molecular weight is 292 g/mol. The summed E-state index contributed by atoms with van der Waals surface area (Å²) in [5, 5.41) is 0. The minimum Gasteiger partial charge on any atom is -0.330 e. The number of hydrogen-bond acceptors (Lipinski definition) is 2. The van der Waals surface area contributed by atoms with Crippen molar-refractivity contribution in [2.45, 2.75) is 70.1 Å². The average Bonchev–Trinajstić information content (AvgIpc) is 3.19. The summed E-state index contributed by atoms with van der Waals surface area (Å²) in [4.78, 5) is 1.74. The predicted octanol–water partition coefficient (Wildman–Crippen LogP) is 3.56. The van der Waals surface area contributed by atoms with E-state index in [0.29, 0.717) is 12.5 Å². The third-order valence-corrected chi connectivity index (χ3v) is 4.87. The van der Waals surface area contributed by atoms with Crippen LogP contribution in [0.5, 0.6) is 0 Å². The van der Waals surface area contributed by atoms with E-state index in [1.54, 1.807) is 4.90 Å². The van der Waals surface area contributed by atoms with Gasteiger partial charge < -0.3 is 5.73 Å². The van der Waals surface area contributed by atoms with Gasteiger partial charge in [-0.05, 0) is 44.1 Å². The van der Waals surface area contributed by atoms with Gasteiger partial charge in [0.2, 0.25) is 0 Å². The van der Waals surface area contributed by atoms with Crippen LogP contribution >= 0.6 is 0 Å². The Bertz CT molecular complexity index is 302. The molecule has 2 N–H and O–H groups in total. The van der Waals surface area contributed by atoms with Crippen molar-refractivity contribution in [3.05, 3.63) is 0 Å². The van der Waals surface area contributed by atoms with Crippen molar-refractivity contribution >= 4 is 0 Å². The fraction of sp³-hybridized carbons (Fsp3) is 1.00. The molecule has 0 aliphatic heterocycles. The molecule has 0 amide bonds. The van der Waals surface area contributed by atoms with Crippen molar-refractivity contribution in [1.29, 1.82) is 0 Å². The van der Waals surface area contributed by atoms with Gasteiger partial charge in [0.05, 0.1) is 6.54 Å². The molecule has 0 heterocycles. The lowest BCUT2D eigenvalue weighted by Gasteiger charge is -2.43. The topological polar surface area (TPSA) is 29.3 Å². The first-order valence-electron chi connectivity index (χ1n) is 7.97. The summed E-state index contributed by atoms with van der Waals surface area (Å²) < 4.78 is 38.6. The molecule has 0 aromatic carbocycles. The van der Waals surface area contributed by atoms with Crippen LogP contribution in [0.3, 0.4) is 0 Å². The quantitative estimate of drug-likeness (QED) is 0.811. The normalized spacial score (nSPS) is 31.8. The molecule has 2 fully saturated rings. The summed E-state index contributed by atoms with van der Waals surface area (Å²) >= 11 is 0. The molecule has 0 aromatic heterocycles. The molecule has 0 radical (unpaired) electrons. The maximum atomic E-state index is 12.9. The van der Waals surface area contributed by atoms with Crippen LogP contribution in [-0.2, 0) is 0 Å².